The Hall–Kier alpha value is -1.36. The average molecular weight is 181 g/mol. The first-order valence-corrected chi connectivity index (χ1v) is 4.14. The molecule has 1 aliphatic carbocycles. The molecule has 4 N–H and O–H groups in total. The van der Waals surface area contributed by atoms with Crippen molar-refractivity contribution in [2.45, 2.75) is 24.3 Å². The van der Waals surface area contributed by atoms with Gasteiger partial charge in [0.2, 0.25) is 0 Å². The highest BCUT2D eigenvalue weighted by molar-refractivity contribution is 5.82. The number of carboxylic acids is 1. The van der Waals surface area contributed by atoms with E-state index in [9.17, 15) is 4.79 Å². The quantitative estimate of drug-likeness (QED) is 0.591. The summed E-state index contributed by atoms with van der Waals surface area (Å²) in [6.07, 6.45) is 2.54. The number of hydrogen-bond acceptors (Lipinski definition) is 3. The Balaban J connectivity index is 2.31. The molecule has 5 heteroatoms. The Morgan fingerprint density at radius 1 is 1.77 bits per heavy atom. The minimum Gasteiger partial charge on any atom is -0.481 e. The lowest BCUT2D eigenvalue weighted by atomic mass is 9.64. The smallest absolute Gasteiger partial charge is 0.315 e. The molecule has 70 valence electrons. The lowest BCUT2D eigenvalue weighted by molar-refractivity contribution is -0.148. The van der Waals surface area contributed by atoms with Gasteiger partial charge in [-0.3, -0.25) is 9.89 Å². The predicted octanol–water partition coefficient (Wildman–Crippen LogP) is -0.147. The fraction of sp³-hybridized carbons (Fsp3) is 0.500. The molecular formula is C8H11N3O2. The van der Waals surface area contributed by atoms with Crippen LogP contribution in [0, 0.1) is 0 Å². The van der Waals surface area contributed by atoms with Crippen molar-refractivity contribution in [1.82, 2.24) is 10.2 Å². The fourth-order valence-electron chi connectivity index (χ4n) is 1.87. The van der Waals surface area contributed by atoms with Gasteiger partial charge in [0.1, 0.15) is 5.41 Å². The molecule has 13 heavy (non-hydrogen) atoms. The van der Waals surface area contributed by atoms with E-state index in [-0.39, 0.29) is 6.04 Å². The Morgan fingerprint density at radius 3 is 2.85 bits per heavy atom. The van der Waals surface area contributed by atoms with Gasteiger partial charge in [-0.15, -0.1) is 0 Å². The van der Waals surface area contributed by atoms with Gasteiger partial charge in [-0.25, -0.2) is 0 Å². The average Bonchev–Trinajstić information content (AvgIpc) is 2.49. The largest absolute Gasteiger partial charge is 0.481 e. The van der Waals surface area contributed by atoms with Crippen molar-refractivity contribution in [2.75, 3.05) is 0 Å². The second-order valence-corrected chi connectivity index (χ2v) is 3.53. The summed E-state index contributed by atoms with van der Waals surface area (Å²) < 4.78 is 0. The summed E-state index contributed by atoms with van der Waals surface area (Å²) in [6, 6.07) is 1.69. The van der Waals surface area contributed by atoms with E-state index in [1.54, 1.807) is 12.3 Å². The Morgan fingerprint density at radius 2 is 2.46 bits per heavy atom. The van der Waals surface area contributed by atoms with Gasteiger partial charge in [-0.1, -0.05) is 0 Å². The van der Waals surface area contributed by atoms with Gasteiger partial charge >= 0.3 is 5.97 Å². The van der Waals surface area contributed by atoms with Crippen molar-refractivity contribution in [1.29, 1.82) is 0 Å². The number of carbonyl (C=O) groups is 1. The first-order valence-electron chi connectivity index (χ1n) is 4.14. The molecule has 0 spiro atoms. The standard InChI is InChI=1S/C8H11N3O2/c9-5-3-8(4-5,7(12)13)6-1-2-10-11-6/h1-2,5H,3-4,9H2,(H,10,11)(H,12,13). The third-order valence-corrected chi connectivity index (χ3v) is 2.65. The maximum Gasteiger partial charge on any atom is 0.315 e. The summed E-state index contributed by atoms with van der Waals surface area (Å²) >= 11 is 0. The van der Waals surface area contributed by atoms with Crippen LogP contribution in [0.4, 0.5) is 0 Å². The summed E-state index contributed by atoms with van der Waals surface area (Å²) in [4.78, 5) is 11.0. The van der Waals surface area contributed by atoms with E-state index in [1.807, 2.05) is 0 Å². The number of H-pyrrole nitrogens is 1. The second kappa shape index (κ2) is 2.56. The molecule has 0 saturated heterocycles. The summed E-state index contributed by atoms with van der Waals surface area (Å²) in [6.45, 7) is 0. The zero-order chi connectivity index (χ0) is 9.47. The number of rotatable bonds is 2. The van der Waals surface area contributed by atoms with E-state index in [4.69, 9.17) is 10.8 Å². The first-order chi connectivity index (χ1) is 6.15. The van der Waals surface area contributed by atoms with Gasteiger partial charge in [0, 0.05) is 12.2 Å². The predicted molar refractivity (Wildman–Crippen MR) is 45.1 cm³/mol. The van der Waals surface area contributed by atoms with Crippen molar-refractivity contribution in [2.24, 2.45) is 5.73 Å². The summed E-state index contributed by atoms with van der Waals surface area (Å²) in [5, 5.41) is 15.5. The molecule has 2 rings (SSSR count). The number of carboxylic acid groups (broad SMARTS) is 1. The summed E-state index contributed by atoms with van der Waals surface area (Å²) in [7, 11) is 0. The van der Waals surface area contributed by atoms with Gasteiger partial charge in [0.05, 0.1) is 5.69 Å². The number of hydrogen-bond donors (Lipinski definition) is 3. The van der Waals surface area contributed by atoms with Gasteiger partial charge in [-0.2, -0.15) is 5.10 Å². The van der Waals surface area contributed by atoms with E-state index >= 15 is 0 Å². The molecule has 0 aliphatic heterocycles. The number of nitrogens with two attached hydrogens (primary N) is 1. The highest BCUT2D eigenvalue weighted by Crippen LogP contribution is 2.42. The normalized spacial score (nSPS) is 32.5. The number of aliphatic carboxylic acids is 1. The highest BCUT2D eigenvalue weighted by atomic mass is 16.4. The molecule has 1 saturated carbocycles. The maximum absolute atomic E-state index is 11.0. The van der Waals surface area contributed by atoms with Crippen LogP contribution in [-0.4, -0.2) is 27.3 Å². The number of aromatic nitrogens is 2. The van der Waals surface area contributed by atoms with E-state index in [0.29, 0.717) is 18.5 Å². The lowest BCUT2D eigenvalue weighted by Crippen LogP contribution is -2.54. The molecule has 1 aromatic heterocycles. The Labute approximate surface area is 74.9 Å². The molecule has 0 atom stereocenters. The Bertz CT molecular complexity index is 314. The van der Waals surface area contributed by atoms with Gasteiger partial charge in [0.25, 0.3) is 0 Å². The van der Waals surface area contributed by atoms with Crippen molar-refractivity contribution >= 4 is 5.97 Å². The zero-order valence-electron chi connectivity index (χ0n) is 7.03. The molecule has 0 radical (unpaired) electrons. The van der Waals surface area contributed by atoms with Crippen LogP contribution in [0.1, 0.15) is 18.5 Å². The van der Waals surface area contributed by atoms with E-state index in [0.717, 1.165) is 0 Å². The molecule has 0 unspecified atom stereocenters. The topological polar surface area (TPSA) is 92.0 Å². The molecule has 0 bridgehead atoms. The van der Waals surface area contributed by atoms with Gasteiger partial charge in [0.15, 0.2) is 0 Å². The molecule has 0 amide bonds. The number of nitrogens with zero attached hydrogens (tertiary/aromatic N) is 1. The minimum absolute atomic E-state index is 0.000556. The lowest BCUT2D eigenvalue weighted by Gasteiger charge is -2.41. The zero-order valence-corrected chi connectivity index (χ0v) is 7.03. The summed E-state index contributed by atoms with van der Waals surface area (Å²) in [5.74, 6) is -0.821. The highest BCUT2D eigenvalue weighted by Gasteiger charge is 2.51. The third kappa shape index (κ3) is 1.04. The third-order valence-electron chi connectivity index (χ3n) is 2.65. The van der Waals surface area contributed by atoms with Gasteiger partial charge < -0.3 is 10.8 Å². The van der Waals surface area contributed by atoms with Crippen LogP contribution in [0.5, 0.6) is 0 Å². The Kier molecular flexibility index (Phi) is 1.63. The SMILES string of the molecule is NC1CC(C(=O)O)(c2ccn[nH]2)C1. The van der Waals surface area contributed by atoms with Crippen molar-refractivity contribution in [3.05, 3.63) is 18.0 Å². The number of nitrogens with one attached hydrogen (secondary N) is 1. The van der Waals surface area contributed by atoms with E-state index < -0.39 is 11.4 Å². The van der Waals surface area contributed by atoms with Crippen LogP contribution in [0.15, 0.2) is 12.3 Å². The molecule has 1 aliphatic rings. The van der Waals surface area contributed by atoms with Crippen LogP contribution < -0.4 is 5.73 Å². The van der Waals surface area contributed by atoms with E-state index in [1.165, 1.54) is 0 Å². The van der Waals surface area contributed by atoms with Crippen molar-refractivity contribution < 1.29 is 9.90 Å². The molecular weight excluding hydrogens is 170 g/mol. The molecule has 0 aromatic carbocycles. The van der Waals surface area contributed by atoms with Crippen molar-refractivity contribution in [3.8, 4) is 0 Å². The first kappa shape index (κ1) is 8.25. The van der Waals surface area contributed by atoms with Crippen LogP contribution in [0.25, 0.3) is 0 Å². The second-order valence-electron chi connectivity index (χ2n) is 3.53. The van der Waals surface area contributed by atoms with Crippen LogP contribution in [0.2, 0.25) is 0 Å². The fourth-order valence-corrected chi connectivity index (χ4v) is 1.87. The van der Waals surface area contributed by atoms with Crippen molar-refractivity contribution in [3.63, 3.8) is 0 Å². The van der Waals surface area contributed by atoms with Crippen LogP contribution >= 0.6 is 0 Å². The molecule has 1 fully saturated rings. The molecule has 5 nitrogen and oxygen atoms in total. The number of aromatic amines is 1. The van der Waals surface area contributed by atoms with Crippen LogP contribution in [0.3, 0.4) is 0 Å². The minimum atomic E-state index is -0.821. The molecule has 1 heterocycles. The van der Waals surface area contributed by atoms with Gasteiger partial charge in [-0.05, 0) is 18.9 Å². The van der Waals surface area contributed by atoms with Crippen LogP contribution in [-0.2, 0) is 10.2 Å². The summed E-state index contributed by atoms with van der Waals surface area (Å²) in [5.41, 5.74) is 5.45. The van der Waals surface area contributed by atoms with E-state index in [2.05, 4.69) is 10.2 Å². The molecule has 1 aromatic rings. The monoisotopic (exact) mass is 181 g/mol. The maximum atomic E-state index is 11.0.